The fourth-order valence-electron chi connectivity index (χ4n) is 1.75. The first-order valence-electron chi connectivity index (χ1n) is 5.99. The van der Waals surface area contributed by atoms with Crippen LogP contribution in [0.25, 0.3) is 0 Å². The van der Waals surface area contributed by atoms with Crippen molar-refractivity contribution in [2.24, 2.45) is 7.05 Å². The average molecular weight is 255 g/mol. The van der Waals surface area contributed by atoms with E-state index in [4.69, 9.17) is 9.47 Å². The van der Waals surface area contributed by atoms with Gasteiger partial charge in [-0.15, -0.1) is 0 Å². The van der Waals surface area contributed by atoms with Crippen LogP contribution in [0.4, 0.5) is 0 Å². The third-order valence-corrected chi connectivity index (χ3v) is 2.54. The minimum atomic E-state index is -0.492. The second-order valence-electron chi connectivity index (χ2n) is 3.98. The molecule has 1 aromatic heterocycles. The molecule has 0 aromatic carbocycles. The Morgan fingerprint density at radius 1 is 1.61 bits per heavy atom. The molecule has 6 nitrogen and oxygen atoms in total. The summed E-state index contributed by atoms with van der Waals surface area (Å²) in [6.45, 7) is 5.14. The molecule has 0 radical (unpaired) electrons. The van der Waals surface area contributed by atoms with E-state index in [9.17, 15) is 4.79 Å². The van der Waals surface area contributed by atoms with Crippen molar-refractivity contribution in [3.05, 3.63) is 17.5 Å². The Bertz CT molecular complexity index is 390. The lowest BCUT2D eigenvalue weighted by Crippen LogP contribution is -2.32. The molecule has 18 heavy (non-hydrogen) atoms. The van der Waals surface area contributed by atoms with Crippen molar-refractivity contribution < 1.29 is 14.3 Å². The summed E-state index contributed by atoms with van der Waals surface area (Å²) in [5, 5.41) is 7.36. The second kappa shape index (κ2) is 7.13. The van der Waals surface area contributed by atoms with Gasteiger partial charge in [-0.1, -0.05) is 0 Å². The number of nitrogens with one attached hydrogen (secondary N) is 1. The molecule has 6 heteroatoms. The zero-order valence-electron chi connectivity index (χ0n) is 11.4. The van der Waals surface area contributed by atoms with Crippen LogP contribution in [0.3, 0.4) is 0 Å². The van der Waals surface area contributed by atoms with E-state index < -0.39 is 6.04 Å². The number of aryl methyl sites for hydroxylation is 2. The zero-order chi connectivity index (χ0) is 13.5. The predicted octanol–water partition coefficient (Wildman–Crippen LogP) is 0.569. The van der Waals surface area contributed by atoms with Gasteiger partial charge in [0.05, 0.1) is 18.9 Å². The summed E-state index contributed by atoms with van der Waals surface area (Å²) >= 11 is 0. The van der Waals surface area contributed by atoms with Crippen molar-refractivity contribution in [3.63, 3.8) is 0 Å². The third-order valence-electron chi connectivity index (χ3n) is 2.54. The fourth-order valence-corrected chi connectivity index (χ4v) is 1.75. The maximum Gasteiger partial charge on any atom is 0.327 e. The molecular weight excluding hydrogens is 234 g/mol. The Morgan fingerprint density at radius 2 is 2.33 bits per heavy atom. The molecule has 0 spiro atoms. The van der Waals surface area contributed by atoms with E-state index in [0.29, 0.717) is 19.8 Å². The van der Waals surface area contributed by atoms with E-state index in [1.54, 1.807) is 18.7 Å². The smallest absolute Gasteiger partial charge is 0.327 e. The van der Waals surface area contributed by atoms with Crippen molar-refractivity contribution in [2.75, 3.05) is 26.9 Å². The average Bonchev–Trinajstić information content (AvgIpc) is 2.64. The summed E-state index contributed by atoms with van der Waals surface area (Å²) in [5.41, 5.74) is 1.66. The Balaban J connectivity index is 2.82. The van der Waals surface area contributed by atoms with E-state index in [2.05, 4.69) is 10.4 Å². The highest BCUT2D eigenvalue weighted by atomic mass is 16.5. The summed E-state index contributed by atoms with van der Waals surface area (Å²) in [6.07, 6.45) is 1.83. The summed E-state index contributed by atoms with van der Waals surface area (Å²) in [6, 6.07) is -0.492. The lowest BCUT2D eigenvalue weighted by molar-refractivity contribution is -0.145. The van der Waals surface area contributed by atoms with Crippen LogP contribution in [0.5, 0.6) is 0 Å². The van der Waals surface area contributed by atoms with Crippen LogP contribution in [0, 0.1) is 6.92 Å². The van der Waals surface area contributed by atoms with E-state index in [1.165, 1.54) is 0 Å². The van der Waals surface area contributed by atoms with Crippen LogP contribution in [-0.4, -0.2) is 42.6 Å². The van der Waals surface area contributed by atoms with Crippen molar-refractivity contribution >= 4 is 5.97 Å². The Hall–Kier alpha value is -1.40. The molecule has 0 saturated heterocycles. The van der Waals surface area contributed by atoms with Crippen LogP contribution in [0.2, 0.25) is 0 Å². The van der Waals surface area contributed by atoms with Gasteiger partial charge in [-0.25, -0.2) is 4.79 Å². The normalized spacial score (nSPS) is 12.4. The van der Waals surface area contributed by atoms with E-state index in [-0.39, 0.29) is 5.97 Å². The zero-order valence-corrected chi connectivity index (χ0v) is 11.4. The molecule has 1 N–H and O–H groups in total. The van der Waals surface area contributed by atoms with Crippen LogP contribution in [0.1, 0.15) is 24.2 Å². The number of aromatic nitrogens is 2. The number of methoxy groups -OCH3 is 1. The predicted molar refractivity (Wildman–Crippen MR) is 67.2 cm³/mol. The molecule has 0 fully saturated rings. The second-order valence-corrected chi connectivity index (χ2v) is 3.98. The monoisotopic (exact) mass is 255 g/mol. The topological polar surface area (TPSA) is 65.4 Å². The quantitative estimate of drug-likeness (QED) is 0.570. The van der Waals surface area contributed by atoms with E-state index >= 15 is 0 Å². The highest BCUT2D eigenvalue weighted by molar-refractivity contribution is 5.77. The summed E-state index contributed by atoms with van der Waals surface area (Å²) in [7, 11) is 3.45. The maximum atomic E-state index is 11.9. The molecule has 0 saturated carbocycles. The lowest BCUT2D eigenvalue weighted by atomic mass is 10.1. The van der Waals surface area contributed by atoms with Crippen molar-refractivity contribution in [3.8, 4) is 0 Å². The number of hydrogen-bond donors (Lipinski definition) is 1. The molecule has 0 bridgehead atoms. The minimum Gasteiger partial charge on any atom is -0.465 e. The largest absolute Gasteiger partial charge is 0.465 e. The minimum absolute atomic E-state index is 0.287. The number of hydrogen-bond acceptors (Lipinski definition) is 5. The van der Waals surface area contributed by atoms with Crippen LogP contribution < -0.4 is 5.32 Å². The highest BCUT2D eigenvalue weighted by Crippen LogP contribution is 2.17. The van der Waals surface area contributed by atoms with Crippen LogP contribution >= 0.6 is 0 Å². The van der Waals surface area contributed by atoms with Gasteiger partial charge in [0.15, 0.2) is 0 Å². The number of carbonyl (C=O) groups excluding carboxylic acids is 1. The first-order valence-corrected chi connectivity index (χ1v) is 5.99. The van der Waals surface area contributed by atoms with E-state index in [0.717, 1.165) is 11.3 Å². The number of nitrogens with zero attached hydrogens (tertiary/aromatic N) is 2. The molecule has 102 valence electrons. The number of ether oxygens (including phenoxy) is 2. The Morgan fingerprint density at radius 3 is 2.83 bits per heavy atom. The number of rotatable bonds is 7. The van der Waals surface area contributed by atoms with Crippen molar-refractivity contribution in [1.29, 1.82) is 0 Å². The molecule has 1 unspecified atom stereocenters. The van der Waals surface area contributed by atoms with Gasteiger partial charge in [-0.05, 0) is 13.8 Å². The summed E-state index contributed by atoms with van der Waals surface area (Å²) < 4.78 is 11.7. The van der Waals surface area contributed by atoms with Crippen LogP contribution in [-0.2, 0) is 21.3 Å². The maximum absolute atomic E-state index is 11.9. The number of esters is 1. The third kappa shape index (κ3) is 3.82. The molecule has 1 heterocycles. The van der Waals surface area contributed by atoms with Gasteiger partial charge in [0.1, 0.15) is 6.04 Å². The van der Waals surface area contributed by atoms with Crippen molar-refractivity contribution in [2.45, 2.75) is 19.9 Å². The molecule has 0 amide bonds. The Labute approximate surface area is 107 Å². The summed E-state index contributed by atoms with van der Waals surface area (Å²) in [4.78, 5) is 11.9. The van der Waals surface area contributed by atoms with Gasteiger partial charge in [0, 0.05) is 32.5 Å². The van der Waals surface area contributed by atoms with Gasteiger partial charge in [-0.2, -0.15) is 5.10 Å². The van der Waals surface area contributed by atoms with Gasteiger partial charge >= 0.3 is 5.97 Å². The van der Waals surface area contributed by atoms with Crippen molar-refractivity contribution in [1.82, 2.24) is 15.1 Å². The lowest BCUT2D eigenvalue weighted by Gasteiger charge is -2.16. The number of carbonyl (C=O) groups is 1. The molecular formula is C12H21N3O3. The van der Waals surface area contributed by atoms with E-state index in [1.807, 2.05) is 20.2 Å². The summed E-state index contributed by atoms with van der Waals surface area (Å²) in [5.74, 6) is -0.287. The fraction of sp³-hybridized carbons (Fsp3) is 0.667. The van der Waals surface area contributed by atoms with Gasteiger partial charge in [0.2, 0.25) is 0 Å². The highest BCUT2D eigenvalue weighted by Gasteiger charge is 2.24. The van der Waals surface area contributed by atoms with Crippen LogP contribution in [0.15, 0.2) is 6.20 Å². The standard InChI is InChI=1S/C12H21N3O3/c1-5-18-12(16)11(13-6-7-17-4)10-8-15(3)14-9(10)2/h8,11,13H,5-7H2,1-4H3. The molecule has 1 aromatic rings. The first-order chi connectivity index (χ1) is 8.60. The van der Waals surface area contributed by atoms with Gasteiger partial charge < -0.3 is 9.47 Å². The molecule has 0 aliphatic rings. The Kier molecular flexibility index (Phi) is 5.80. The SMILES string of the molecule is CCOC(=O)C(NCCOC)c1cn(C)nc1C. The van der Waals surface area contributed by atoms with Gasteiger partial charge in [-0.3, -0.25) is 10.00 Å². The van der Waals surface area contributed by atoms with Gasteiger partial charge in [0.25, 0.3) is 0 Å². The molecule has 0 aliphatic heterocycles. The first kappa shape index (κ1) is 14.7. The molecule has 1 rings (SSSR count). The molecule has 0 aliphatic carbocycles. The molecule has 1 atom stereocenters.